The van der Waals surface area contributed by atoms with Gasteiger partial charge in [-0.2, -0.15) is 0 Å². The second-order valence-electron chi connectivity index (χ2n) is 2.48. The Morgan fingerprint density at radius 3 is 2.42 bits per heavy atom. The van der Waals surface area contributed by atoms with Gasteiger partial charge in [-0.1, -0.05) is 24.0 Å². The average Bonchev–Trinajstić information content (AvgIpc) is 2.17. The molecule has 2 nitrogen and oxygen atoms in total. The number of amides is 1. The summed E-state index contributed by atoms with van der Waals surface area (Å²) < 4.78 is 0. The summed E-state index contributed by atoms with van der Waals surface area (Å²) in [6.07, 6.45) is 0.508. The van der Waals surface area contributed by atoms with Gasteiger partial charge in [0.2, 0.25) is 0 Å². The molecule has 0 aliphatic heterocycles. The maximum atomic E-state index is 11.1. The number of benzene rings is 1. The summed E-state index contributed by atoms with van der Waals surface area (Å²) in [4.78, 5) is 11.1. The molecule has 1 amide bonds. The lowest BCUT2D eigenvalue weighted by molar-refractivity contribution is 0.0963. The lowest BCUT2D eigenvalue weighted by Gasteiger charge is -2.00. The first-order valence-electron chi connectivity index (χ1n) is 3.79. The van der Waals surface area contributed by atoms with E-state index in [0.717, 1.165) is 5.56 Å². The Kier molecular flexibility index (Phi) is 2.91. The van der Waals surface area contributed by atoms with Crippen LogP contribution >= 0.6 is 0 Å². The van der Waals surface area contributed by atoms with E-state index in [0.29, 0.717) is 11.9 Å². The fraction of sp³-hybridized carbons (Fsp3) is 0.222. The predicted octanol–water partition coefficient (Wildman–Crippen LogP) is 0.715. The van der Waals surface area contributed by atoms with Gasteiger partial charge >= 0.3 is 0 Å². The largest absolute Gasteiger partial charge is 0.355 e. The van der Waals surface area contributed by atoms with Gasteiger partial charge in [0.1, 0.15) is 0 Å². The van der Waals surface area contributed by atoms with Crippen LogP contribution in [0, 0.1) is 0 Å². The molecule has 1 N–H and O–H groups in total. The van der Waals surface area contributed by atoms with E-state index in [1.54, 1.807) is 19.2 Å². The lowest BCUT2D eigenvalue weighted by atomic mass is 9.96. The van der Waals surface area contributed by atoms with Crippen molar-refractivity contribution in [1.29, 1.82) is 0 Å². The van der Waals surface area contributed by atoms with Gasteiger partial charge in [-0.15, -0.1) is 0 Å². The second kappa shape index (κ2) is 3.95. The molecule has 0 spiro atoms. The van der Waals surface area contributed by atoms with Crippen LogP contribution in [-0.4, -0.2) is 20.8 Å². The zero-order chi connectivity index (χ0) is 8.97. The molecule has 1 aromatic carbocycles. The monoisotopic (exact) mass is 159 g/mol. The summed E-state index contributed by atoms with van der Waals surface area (Å²) in [5.41, 5.74) is 1.69. The first-order valence-corrected chi connectivity index (χ1v) is 3.79. The van der Waals surface area contributed by atoms with Crippen LogP contribution in [0.15, 0.2) is 24.3 Å². The minimum absolute atomic E-state index is 0.0708. The molecule has 0 unspecified atom stereocenters. The highest BCUT2D eigenvalue weighted by Gasteiger charge is 2.00. The van der Waals surface area contributed by atoms with Gasteiger partial charge in [0, 0.05) is 12.6 Å². The van der Waals surface area contributed by atoms with E-state index in [1.165, 1.54) is 0 Å². The van der Waals surface area contributed by atoms with Crippen LogP contribution in [0.25, 0.3) is 0 Å². The van der Waals surface area contributed by atoms with Crippen LogP contribution < -0.4 is 5.32 Å². The van der Waals surface area contributed by atoms with Crippen LogP contribution in [0.1, 0.15) is 15.9 Å². The maximum Gasteiger partial charge on any atom is 0.251 e. The molecule has 2 radical (unpaired) electrons. The lowest BCUT2D eigenvalue weighted by Crippen LogP contribution is -2.17. The van der Waals surface area contributed by atoms with E-state index in [1.807, 2.05) is 12.1 Å². The van der Waals surface area contributed by atoms with Crippen molar-refractivity contribution in [1.82, 2.24) is 5.32 Å². The number of carbonyl (C=O) groups excluding carboxylic acids is 1. The van der Waals surface area contributed by atoms with E-state index in [2.05, 4.69) is 5.32 Å². The molecule has 60 valence electrons. The molecule has 0 heterocycles. The molecule has 0 aliphatic carbocycles. The number of nitrogens with one attached hydrogen (secondary N) is 1. The Balaban J connectivity index is 2.84. The maximum absolute atomic E-state index is 11.1. The van der Waals surface area contributed by atoms with E-state index in [9.17, 15) is 4.79 Å². The van der Waals surface area contributed by atoms with Crippen LogP contribution in [-0.2, 0) is 6.32 Å². The Morgan fingerprint density at radius 1 is 1.42 bits per heavy atom. The number of rotatable bonds is 2. The molecule has 1 rings (SSSR count). The normalized spacial score (nSPS) is 9.42. The molecule has 0 fully saturated rings. The summed E-state index contributed by atoms with van der Waals surface area (Å²) in [5.74, 6) is -0.0708. The third-order valence-electron chi connectivity index (χ3n) is 1.68. The van der Waals surface area contributed by atoms with Crippen molar-refractivity contribution in [3.63, 3.8) is 0 Å². The molecule has 0 aromatic heterocycles. The highest BCUT2D eigenvalue weighted by atomic mass is 16.1. The number of hydrogen-bond acceptors (Lipinski definition) is 1. The Labute approximate surface area is 73.4 Å². The molecular weight excluding hydrogens is 149 g/mol. The van der Waals surface area contributed by atoms with Gasteiger partial charge in [-0.05, 0) is 12.1 Å². The third-order valence-corrected chi connectivity index (χ3v) is 1.68. The van der Waals surface area contributed by atoms with Crippen molar-refractivity contribution in [3.05, 3.63) is 35.4 Å². The van der Waals surface area contributed by atoms with Crippen LogP contribution in [0.3, 0.4) is 0 Å². The van der Waals surface area contributed by atoms with Crippen LogP contribution in [0.2, 0.25) is 0 Å². The van der Waals surface area contributed by atoms with Gasteiger partial charge in [0.05, 0.1) is 7.85 Å². The van der Waals surface area contributed by atoms with Gasteiger partial charge in [0.15, 0.2) is 0 Å². The van der Waals surface area contributed by atoms with Gasteiger partial charge < -0.3 is 5.32 Å². The Bertz CT molecular complexity index is 268. The Morgan fingerprint density at radius 2 is 2.00 bits per heavy atom. The predicted molar refractivity (Wildman–Crippen MR) is 49.3 cm³/mol. The molecular formula is C9H10BNO. The summed E-state index contributed by atoms with van der Waals surface area (Å²) >= 11 is 0. The molecule has 0 saturated heterocycles. The summed E-state index contributed by atoms with van der Waals surface area (Å²) in [6.45, 7) is 0. The first-order chi connectivity index (χ1) is 5.77. The molecule has 0 saturated carbocycles. The molecule has 0 aliphatic rings. The van der Waals surface area contributed by atoms with Crippen molar-refractivity contribution in [2.24, 2.45) is 0 Å². The highest BCUT2D eigenvalue weighted by Crippen LogP contribution is 2.03. The quantitative estimate of drug-likeness (QED) is 0.632. The van der Waals surface area contributed by atoms with Crippen molar-refractivity contribution < 1.29 is 4.79 Å². The molecule has 0 atom stereocenters. The fourth-order valence-electron chi connectivity index (χ4n) is 0.937. The number of carbonyl (C=O) groups is 1. The van der Waals surface area contributed by atoms with Crippen LogP contribution in [0.4, 0.5) is 0 Å². The molecule has 12 heavy (non-hydrogen) atoms. The fourth-order valence-corrected chi connectivity index (χ4v) is 0.937. The van der Waals surface area contributed by atoms with Crippen molar-refractivity contribution >= 4 is 13.8 Å². The Hall–Kier alpha value is -1.25. The molecule has 1 aromatic rings. The zero-order valence-electron chi connectivity index (χ0n) is 7.00. The minimum Gasteiger partial charge on any atom is -0.355 e. The molecule has 3 heteroatoms. The third kappa shape index (κ3) is 1.88. The zero-order valence-corrected chi connectivity index (χ0v) is 7.00. The summed E-state index contributed by atoms with van der Waals surface area (Å²) in [5, 5.41) is 2.55. The first kappa shape index (κ1) is 8.85. The summed E-state index contributed by atoms with van der Waals surface area (Å²) in [7, 11) is 7.02. The van der Waals surface area contributed by atoms with Crippen molar-refractivity contribution in [2.75, 3.05) is 7.05 Å². The topological polar surface area (TPSA) is 29.1 Å². The summed E-state index contributed by atoms with van der Waals surface area (Å²) in [6, 6.07) is 7.23. The smallest absolute Gasteiger partial charge is 0.251 e. The molecule has 0 bridgehead atoms. The van der Waals surface area contributed by atoms with Crippen molar-refractivity contribution in [2.45, 2.75) is 6.32 Å². The van der Waals surface area contributed by atoms with Crippen LogP contribution in [0.5, 0.6) is 0 Å². The number of hydrogen-bond donors (Lipinski definition) is 1. The second-order valence-corrected chi connectivity index (χ2v) is 2.48. The van der Waals surface area contributed by atoms with Crippen molar-refractivity contribution in [3.8, 4) is 0 Å². The van der Waals surface area contributed by atoms with E-state index in [4.69, 9.17) is 7.85 Å². The van der Waals surface area contributed by atoms with E-state index >= 15 is 0 Å². The standard InChI is InChI=1S/C9H10BNO/c1-11-9(12)8-4-2-7(6-10)3-5-8/h2-5H,6H2,1H3,(H,11,12). The van der Waals surface area contributed by atoms with E-state index in [-0.39, 0.29) is 5.91 Å². The highest BCUT2D eigenvalue weighted by molar-refractivity contribution is 6.08. The SMILES string of the molecule is [B]Cc1ccc(C(=O)NC)cc1. The van der Waals surface area contributed by atoms with Gasteiger partial charge in [0.25, 0.3) is 5.91 Å². The van der Waals surface area contributed by atoms with E-state index < -0.39 is 0 Å². The van der Waals surface area contributed by atoms with Gasteiger partial charge in [-0.25, -0.2) is 0 Å². The average molecular weight is 159 g/mol. The minimum atomic E-state index is -0.0708. The van der Waals surface area contributed by atoms with Gasteiger partial charge in [-0.3, -0.25) is 4.79 Å².